The van der Waals surface area contributed by atoms with Crippen LogP contribution in [0.2, 0.25) is 0 Å². The van der Waals surface area contributed by atoms with E-state index in [0.29, 0.717) is 25.8 Å². The Bertz CT molecular complexity index is 860. The monoisotopic (exact) mass is 519 g/mol. The number of hydrogen-bond donors (Lipinski definition) is 2. The van der Waals surface area contributed by atoms with Gasteiger partial charge in [-0.05, 0) is 81.8 Å². The molecule has 1 aliphatic carbocycles. The SMILES string of the molecule is CN(C)C1(c2cccs2)CCC(NC(=O)CCCC(=O)NCCc2ccc(Br)cc2)CC1. The molecule has 1 aromatic carbocycles. The molecule has 1 aromatic heterocycles. The minimum absolute atomic E-state index is 0.0132. The lowest BCUT2D eigenvalue weighted by Gasteiger charge is -2.44. The predicted molar refractivity (Wildman–Crippen MR) is 135 cm³/mol. The normalized spacial score (nSPS) is 20.8. The molecule has 0 unspecified atom stereocenters. The zero-order valence-electron chi connectivity index (χ0n) is 19.0. The van der Waals surface area contributed by atoms with E-state index in [1.807, 2.05) is 23.5 Å². The minimum Gasteiger partial charge on any atom is -0.356 e. The van der Waals surface area contributed by atoms with Gasteiger partial charge in [0.2, 0.25) is 11.8 Å². The van der Waals surface area contributed by atoms with Gasteiger partial charge in [0.15, 0.2) is 0 Å². The number of carbonyl (C=O) groups excluding carboxylic acids is 2. The van der Waals surface area contributed by atoms with E-state index in [1.165, 1.54) is 10.4 Å². The van der Waals surface area contributed by atoms with Crippen molar-refractivity contribution < 1.29 is 9.59 Å². The molecule has 174 valence electrons. The summed E-state index contributed by atoms with van der Waals surface area (Å²) in [6.07, 6.45) is 6.25. The molecule has 0 atom stereocenters. The molecule has 1 saturated carbocycles. The Labute approximate surface area is 204 Å². The smallest absolute Gasteiger partial charge is 0.220 e. The van der Waals surface area contributed by atoms with Gasteiger partial charge < -0.3 is 10.6 Å². The van der Waals surface area contributed by atoms with E-state index in [4.69, 9.17) is 0 Å². The van der Waals surface area contributed by atoms with Crippen LogP contribution in [0.1, 0.15) is 55.4 Å². The van der Waals surface area contributed by atoms with Gasteiger partial charge in [-0.3, -0.25) is 14.5 Å². The topological polar surface area (TPSA) is 61.4 Å². The second-order valence-electron chi connectivity index (χ2n) is 8.83. The summed E-state index contributed by atoms with van der Waals surface area (Å²) >= 11 is 5.24. The average molecular weight is 521 g/mol. The van der Waals surface area contributed by atoms with E-state index >= 15 is 0 Å². The van der Waals surface area contributed by atoms with Gasteiger partial charge in [-0.25, -0.2) is 0 Å². The van der Waals surface area contributed by atoms with E-state index in [0.717, 1.165) is 36.6 Å². The fraction of sp³-hybridized carbons (Fsp3) is 0.520. The van der Waals surface area contributed by atoms with Gasteiger partial charge in [0.25, 0.3) is 0 Å². The number of nitrogens with zero attached hydrogens (tertiary/aromatic N) is 1. The van der Waals surface area contributed by atoms with Crippen LogP contribution >= 0.6 is 27.3 Å². The summed E-state index contributed by atoms with van der Waals surface area (Å²) < 4.78 is 1.05. The highest BCUT2D eigenvalue weighted by Crippen LogP contribution is 2.42. The summed E-state index contributed by atoms with van der Waals surface area (Å²) in [5.41, 5.74) is 1.28. The molecule has 1 fully saturated rings. The first-order valence-electron chi connectivity index (χ1n) is 11.4. The lowest BCUT2D eigenvalue weighted by atomic mass is 9.77. The first kappa shape index (κ1) is 24.9. The van der Waals surface area contributed by atoms with Crippen molar-refractivity contribution in [3.63, 3.8) is 0 Å². The molecule has 1 aliphatic rings. The van der Waals surface area contributed by atoms with Crippen LogP contribution in [0.4, 0.5) is 0 Å². The summed E-state index contributed by atoms with van der Waals surface area (Å²) in [4.78, 5) is 28.2. The van der Waals surface area contributed by atoms with Gasteiger partial charge in [-0.2, -0.15) is 0 Å². The van der Waals surface area contributed by atoms with Crippen LogP contribution in [0.5, 0.6) is 0 Å². The van der Waals surface area contributed by atoms with Gasteiger partial charge in [0.1, 0.15) is 0 Å². The van der Waals surface area contributed by atoms with Crippen molar-refractivity contribution in [1.29, 1.82) is 0 Å². The number of carbonyl (C=O) groups is 2. The van der Waals surface area contributed by atoms with Gasteiger partial charge >= 0.3 is 0 Å². The Kier molecular flexibility index (Phi) is 9.32. The molecule has 32 heavy (non-hydrogen) atoms. The summed E-state index contributed by atoms with van der Waals surface area (Å²) in [5, 5.41) is 8.29. The van der Waals surface area contributed by atoms with Crippen molar-refractivity contribution in [2.45, 2.75) is 62.9 Å². The number of thiophene rings is 1. The fourth-order valence-electron chi connectivity index (χ4n) is 4.49. The van der Waals surface area contributed by atoms with Crippen LogP contribution in [-0.2, 0) is 21.5 Å². The summed E-state index contributed by atoms with van der Waals surface area (Å²) in [6, 6.07) is 12.7. The van der Waals surface area contributed by atoms with Gasteiger partial charge in [-0.1, -0.05) is 34.1 Å². The number of nitrogens with one attached hydrogen (secondary N) is 2. The van der Waals surface area contributed by atoms with Crippen molar-refractivity contribution >= 4 is 39.1 Å². The molecule has 2 N–H and O–H groups in total. The number of amides is 2. The molecule has 0 spiro atoms. The van der Waals surface area contributed by atoms with Crippen molar-refractivity contribution in [2.75, 3.05) is 20.6 Å². The highest BCUT2D eigenvalue weighted by Gasteiger charge is 2.39. The van der Waals surface area contributed by atoms with Crippen LogP contribution in [-0.4, -0.2) is 43.4 Å². The number of halogens is 1. The quantitative estimate of drug-likeness (QED) is 0.471. The van der Waals surface area contributed by atoms with Crippen LogP contribution in [0.3, 0.4) is 0 Å². The molecular formula is C25H34BrN3O2S. The fourth-order valence-corrected chi connectivity index (χ4v) is 5.82. The lowest BCUT2D eigenvalue weighted by molar-refractivity contribution is -0.123. The molecule has 2 amide bonds. The molecule has 7 heteroatoms. The van der Waals surface area contributed by atoms with E-state index in [2.05, 4.69) is 75.2 Å². The summed E-state index contributed by atoms with van der Waals surface area (Å²) in [5.74, 6) is 0.0745. The first-order valence-corrected chi connectivity index (χ1v) is 13.1. The zero-order chi connectivity index (χ0) is 23.0. The molecule has 5 nitrogen and oxygen atoms in total. The highest BCUT2D eigenvalue weighted by molar-refractivity contribution is 9.10. The molecule has 2 aromatic rings. The minimum atomic E-state index is 0.0132. The van der Waals surface area contributed by atoms with Crippen LogP contribution < -0.4 is 10.6 Å². The van der Waals surface area contributed by atoms with E-state index in [1.54, 1.807) is 0 Å². The Morgan fingerprint density at radius 3 is 2.41 bits per heavy atom. The largest absolute Gasteiger partial charge is 0.356 e. The predicted octanol–water partition coefficient (Wildman–Crippen LogP) is 4.86. The molecule has 0 bridgehead atoms. The van der Waals surface area contributed by atoms with Crippen molar-refractivity contribution in [3.8, 4) is 0 Å². The lowest BCUT2D eigenvalue weighted by Crippen LogP contribution is -2.48. The summed E-state index contributed by atoms with van der Waals surface area (Å²) in [7, 11) is 4.31. The van der Waals surface area contributed by atoms with Gasteiger partial charge in [0.05, 0.1) is 5.54 Å². The third-order valence-electron chi connectivity index (χ3n) is 6.47. The van der Waals surface area contributed by atoms with Crippen molar-refractivity contribution in [1.82, 2.24) is 15.5 Å². The molecule has 1 heterocycles. The molecule has 0 radical (unpaired) electrons. The van der Waals surface area contributed by atoms with E-state index < -0.39 is 0 Å². The molecule has 0 aliphatic heterocycles. The maximum atomic E-state index is 12.4. The second kappa shape index (κ2) is 12.0. The zero-order valence-corrected chi connectivity index (χ0v) is 21.4. The van der Waals surface area contributed by atoms with Crippen molar-refractivity contribution in [3.05, 3.63) is 56.7 Å². The van der Waals surface area contributed by atoms with Crippen LogP contribution in [0.25, 0.3) is 0 Å². The maximum Gasteiger partial charge on any atom is 0.220 e. The van der Waals surface area contributed by atoms with Gasteiger partial charge in [-0.15, -0.1) is 11.3 Å². The first-order chi connectivity index (χ1) is 15.4. The van der Waals surface area contributed by atoms with E-state index in [9.17, 15) is 9.59 Å². The Hall–Kier alpha value is -1.70. The average Bonchev–Trinajstić information content (AvgIpc) is 3.31. The number of rotatable bonds is 10. The number of benzene rings is 1. The molecular weight excluding hydrogens is 486 g/mol. The number of hydrogen-bond acceptors (Lipinski definition) is 4. The third kappa shape index (κ3) is 6.90. The second-order valence-corrected chi connectivity index (χ2v) is 10.7. The highest BCUT2D eigenvalue weighted by atomic mass is 79.9. The van der Waals surface area contributed by atoms with Crippen LogP contribution in [0.15, 0.2) is 46.3 Å². The van der Waals surface area contributed by atoms with Crippen LogP contribution in [0, 0.1) is 0 Å². The van der Waals surface area contributed by atoms with Crippen molar-refractivity contribution in [2.24, 2.45) is 0 Å². The molecule has 0 saturated heterocycles. The maximum absolute atomic E-state index is 12.4. The third-order valence-corrected chi connectivity index (χ3v) is 8.06. The van der Waals surface area contributed by atoms with E-state index in [-0.39, 0.29) is 23.4 Å². The molecule has 3 rings (SSSR count). The Morgan fingerprint density at radius 1 is 1.09 bits per heavy atom. The Morgan fingerprint density at radius 2 is 1.78 bits per heavy atom. The Balaban J connectivity index is 1.31. The standard InChI is InChI=1S/C25H34BrN3O2S/c1-29(2)25(22-5-4-18-32-22)15-12-21(13-16-25)28-24(31)7-3-6-23(30)27-17-14-19-8-10-20(26)11-9-19/h4-5,8-11,18,21H,3,6-7,12-17H2,1-2H3,(H,27,30)(H,28,31). The van der Waals surface area contributed by atoms with Gasteiger partial charge in [0, 0.05) is 34.8 Å². The summed E-state index contributed by atoms with van der Waals surface area (Å²) in [6.45, 7) is 0.618.